The Morgan fingerprint density at radius 3 is 2.40 bits per heavy atom. The third-order valence-electron chi connectivity index (χ3n) is 3.73. The van der Waals surface area contributed by atoms with Crippen LogP contribution in [0, 0.1) is 0 Å². The third-order valence-corrected chi connectivity index (χ3v) is 4.86. The first kappa shape index (κ1) is 17.4. The number of rotatable bonds is 7. The Labute approximate surface area is 152 Å². The molecule has 0 N–H and O–H groups in total. The summed E-state index contributed by atoms with van der Waals surface area (Å²) in [7, 11) is 3.27. The molecular formula is C19H21N3O2S. The van der Waals surface area contributed by atoms with Crippen molar-refractivity contribution in [1.82, 2.24) is 14.8 Å². The SMILES string of the molecule is CCCSc1nnc(-c2ccccc2)n1-c1ccc(OC)c(OC)c1. The minimum absolute atomic E-state index is 0.680. The second kappa shape index (κ2) is 8.07. The first-order valence-corrected chi connectivity index (χ1v) is 9.13. The van der Waals surface area contributed by atoms with Crippen LogP contribution in [0.15, 0.2) is 53.7 Å². The van der Waals surface area contributed by atoms with E-state index >= 15 is 0 Å². The van der Waals surface area contributed by atoms with Crippen molar-refractivity contribution in [3.05, 3.63) is 48.5 Å². The van der Waals surface area contributed by atoms with Crippen molar-refractivity contribution < 1.29 is 9.47 Å². The molecule has 1 aromatic heterocycles. The molecule has 0 spiro atoms. The van der Waals surface area contributed by atoms with Crippen LogP contribution >= 0.6 is 11.8 Å². The van der Waals surface area contributed by atoms with Gasteiger partial charge in [-0.15, -0.1) is 10.2 Å². The summed E-state index contributed by atoms with van der Waals surface area (Å²) in [5, 5.41) is 9.71. The Hall–Kier alpha value is -2.47. The monoisotopic (exact) mass is 355 g/mol. The normalized spacial score (nSPS) is 10.7. The molecule has 0 atom stereocenters. The predicted molar refractivity (Wildman–Crippen MR) is 101 cm³/mol. The second-order valence-electron chi connectivity index (χ2n) is 5.40. The van der Waals surface area contributed by atoms with Gasteiger partial charge in [0.15, 0.2) is 22.5 Å². The highest BCUT2D eigenvalue weighted by Gasteiger charge is 2.17. The summed E-state index contributed by atoms with van der Waals surface area (Å²) in [5.41, 5.74) is 1.97. The van der Waals surface area contributed by atoms with Gasteiger partial charge in [0.05, 0.1) is 19.9 Å². The molecule has 0 radical (unpaired) electrons. The molecule has 5 nitrogen and oxygen atoms in total. The third kappa shape index (κ3) is 3.64. The van der Waals surface area contributed by atoms with Gasteiger partial charge in [-0.1, -0.05) is 49.0 Å². The van der Waals surface area contributed by atoms with Crippen LogP contribution in [0.1, 0.15) is 13.3 Å². The van der Waals surface area contributed by atoms with E-state index in [9.17, 15) is 0 Å². The maximum Gasteiger partial charge on any atom is 0.196 e. The highest BCUT2D eigenvalue weighted by atomic mass is 32.2. The van der Waals surface area contributed by atoms with E-state index in [1.807, 2.05) is 48.5 Å². The van der Waals surface area contributed by atoms with E-state index in [2.05, 4.69) is 21.7 Å². The van der Waals surface area contributed by atoms with Crippen LogP contribution in [0.5, 0.6) is 11.5 Å². The zero-order valence-electron chi connectivity index (χ0n) is 14.6. The van der Waals surface area contributed by atoms with Gasteiger partial charge in [-0.05, 0) is 18.6 Å². The topological polar surface area (TPSA) is 49.2 Å². The molecule has 0 aliphatic carbocycles. The smallest absolute Gasteiger partial charge is 0.196 e. The van der Waals surface area contributed by atoms with Crippen LogP contribution < -0.4 is 9.47 Å². The second-order valence-corrected chi connectivity index (χ2v) is 6.46. The highest BCUT2D eigenvalue weighted by molar-refractivity contribution is 7.99. The predicted octanol–water partition coefficient (Wildman–Crippen LogP) is 4.45. The zero-order valence-corrected chi connectivity index (χ0v) is 15.4. The molecule has 6 heteroatoms. The average molecular weight is 355 g/mol. The van der Waals surface area contributed by atoms with E-state index in [1.54, 1.807) is 26.0 Å². The van der Waals surface area contributed by atoms with Crippen molar-refractivity contribution in [1.29, 1.82) is 0 Å². The van der Waals surface area contributed by atoms with Crippen LogP contribution in [0.4, 0.5) is 0 Å². The number of nitrogens with zero attached hydrogens (tertiary/aromatic N) is 3. The average Bonchev–Trinajstić information content (AvgIpc) is 3.10. The van der Waals surface area contributed by atoms with E-state index in [0.717, 1.165) is 34.4 Å². The van der Waals surface area contributed by atoms with Crippen LogP contribution in [-0.2, 0) is 0 Å². The molecule has 3 aromatic rings. The van der Waals surface area contributed by atoms with Crippen molar-refractivity contribution in [2.24, 2.45) is 0 Å². The highest BCUT2D eigenvalue weighted by Crippen LogP contribution is 2.33. The largest absolute Gasteiger partial charge is 0.493 e. The van der Waals surface area contributed by atoms with E-state index in [-0.39, 0.29) is 0 Å². The number of hydrogen-bond acceptors (Lipinski definition) is 5. The van der Waals surface area contributed by atoms with Gasteiger partial charge >= 0.3 is 0 Å². The number of aromatic nitrogens is 3. The van der Waals surface area contributed by atoms with Gasteiger partial charge in [0.25, 0.3) is 0 Å². The van der Waals surface area contributed by atoms with E-state index in [0.29, 0.717) is 11.5 Å². The van der Waals surface area contributed by atoms with Gasteiger partial charge in [0.2, 0.25) is 0 Å². The molecule has 0 aliphatic heterocycles. The van der Waals surface area contributed by atoms with E-state index < -0.39 is 0 Å². The van der Waals surface area contributed by atoms with Crippen molar-refractivity contribution in [3.8, 4) is 28.6 Å². The molecule has 0 saturated carbocycles. The fraction of sp³-hybridized carbons (Fsp3) is 0.263. The molecule has 2 aromatic carbocycles. The Morgan fingerprint density at radius 1 is 0.960 bits per heavy atom. The summed E-state index contributed by atoms with van der Waals surface area (Å²) >= 11 is 1.70. The summed E-state index contributed by atoms with van der Waals surface area (Å²) < 4.78 is 12.9. The van der Waals surface area contributed by atoms with E-state index in [4.69, 9.17) is 9.47 Å². The molecule has 0 unspecified atom stereocenters. The fourth-order valence-corrected chi connectivity index (χ4v) is 3.33. The van der Waals surface area contributed by atoms with Gasteiger partial charge in [0.1, 0.15) is 0 Å². The van der Waals surface area contributed by atoms with Gasteiger partial charge in [0, 0.05) is 17.4 Å². The number of benzene rings is 2. The first-order valence-electron chi connectivity index (χ1n) is 8.14. The maximum atomic E-state index is 5.46. The molecule has 1 heterocycles. The lowest BCUT2D eigenvalue weighted by atomic mass is 10.2. The Morgan fingerprint density at radius 2 is 1.72 bits per heavy atom. The minimum atomic E-state index is 0.680. The maximum absolute atomic E-state index is 5.46. The molecule has 0 amide bonds. The van der Waals surface area contributed by atoms with Crippen LogP contribution in [0.2, 0.25) is 0 Å². The van der Waals surface area contributed by atoms with Gasteiger partial charge in [-0.2, -0.15) is 0 Å². The first-order chi connectivity index (χ1) is 12.3. The molecule has 0 bridgehead atoms. The summed E-state index contributed by atoms with van der Waals surface area (Å²) in [5.74, 6) is 3.18. The van der Waals surface area contributed by atoms with Crippen molar-refractivity contribution in [2.45, 2.75) is 18.5 Å². The van der Waals surface area contributed by atoms with Gasteiger partial charge in [-0.25, -0.2) is 0 Å². The van der Waals surface area contributed by atoms with E-state index in [1.165, 1.54) is 0 Å². The summed E-state index contributed by atoms with van der Waals surface area (Å²) in [4.78, 5) is 0. The lowest BCUT2D eigenvalue weighted by molar-refractivity contribution is 0.355. The molecule has 0 aliphatic rings. The molecule has 3 rings (SSSR count). The van der Waals surface area contributed by atoms with Crippen LogP contribution in [0.25, 0.3) is 17.1 Å². The number of methoxy groups -OCH3 is 2. The zero-order chi connectivity index (χ0) is 17.6. The van der Waals surface area contributed by atoms with Gasteiger partial charge in [-0.3, -0.25) is 4.57 Å². The lowest BCUT2D eigenvalue weighted by Crippen LogP contribution is -2.01. The van der Waals surface area contributed by atoms with Crippen molar-refractivity contribution in [2.75, 3.05) is 20.0 Å². The molecule has 130 valence electrons. The minimum Gasteiger partial charge on any atom is -0.493 e. The van der Waals surface area contributed by atoms with Crippen LogP contribution in [-0.4, -0.2) is 34.7 Å². The Kier molecular flexibility index (Phi) is 5.60. The molecule has 0 saturated heterocycles. The fourth-order valence-electron chi connectivity index (χ4n) is 2.53. The van der Waals surface area contributed by atoms with Crippen molar-refractivity contribution in [3.63, 3.8) is 0 Å². The Bertz CT molecular complexity index is 834. The number of ether oxygens (including phenoxy) is 2. The number of thioether (sulfide) groups is 1. The standard InChI is InChI=1S/C19H21N3O2S/c1-4-12-25-19-21-20-18(14-8-6-5-7-9-14)22(19)15-10-11-16(23-2)17(13-15)24-3/h5-11,13H,4,12H2,1-3H3. The summed E-state index contributed by atoms with van der Waals surface area (Å²) in [6.45, 7) is 2.15. The lowest BCUT2D eigenvalue weighted by Gasteiger charge is -2.13. The Balaban J connectivity index is 2.14. The quantitative estimate of drug-likeness (QED) is 0.586. The number of hydrogen-bond donors (Lipinski definition) is 0. The molecule has 0 fully saturated rings. The molecule has 25 heavy (non-hydrogen) atoms. The van der Waals surface area contributed by atoms with Crippen molar-refractivity contribution >= 4 is 11.8 Å². The summed E-state index contributed by atoms with van der Waals surface area (Å²) in [6, 6.07) is 15.9. The van der Waals surface area contributed by atoms with Crippen LogP contribution in [0.3, 0.4) is 0 Å². The van der Waals surface area contributed by atoms with Gasteiger partial charge < -0.3 is 9.47 Å². The molecular weight excluding hydrogens is 334 g/mol. The summed E-state index contributed by atoms with van der Waals surface area (Å²) in [6.07, 6.45) is 1.07.